The Kier molecular flexibility index (Phi) is 6.21. The molecule has 0 saturated heterocycles. The van der Waals surface area contributed by atoms with Crippen molar-refractivity contribution < 1.29 is 23.8 Å². The third kappa shape index (κ3) is 4.99. The van der Waals surface area contributed by atoms with Crippen molar-refractivity contribution in [2.75, 3.05) is 13.7 Å². The van der Waals surface area contributed by atoms with Gasteiger partial charge in [0.2, 0.25) is 0 Å². The van der Waals surface area contributed by atoms with E-state index in [2.05, 4.69) is 4.74 Å². The van der Waals surface area contributed by atoms with Crippen LogP contribution in [0.1, 0.15) is 17.3 Å². The quantitative estimate of drug-likeness (QED) is 0.565. The highest BCUT2D eigenvalue weighted by molar-refractivity contribution is 6.30. The van der Waals surface area contributed by atoms with E-state index in [9.17, 15) is 9.59 Å². The molecule has 0 N–H and O–H groups in total. The van der Waals surface area contributed by atoms with Gasteiger partial charge >= 0.3 is 5.97 Å². The van der Waals surface area contributed by atoms with Crippen molar-refractivity contribution in [1.29, 1.82) is 0 Å². The number of rotatable bonds is 7. The topological polar surface area (TPSA) is 61.8 Å². The number of ketones is 1. The molecular weight excluding hydrogens is 332 g/mol. The molecule has 0 aliphatic heterocycles. The second-order valence-corrected chi connectivity index (χ2v) is 5.41. The lowest BCUT2D eigenvalue weighted by molar-refractivity contribution is -0.147. The van der Waals surface area contributed by atoms with Gasteiger partial charge in [-0.1, -0.05) is 11.6 Å². The van der Waals surface area contributed by atoms with Crippen LogP contribution in [0.4, 0.5) is 0 Å². The summed E-state index contributed by atoms with van der Waals surface area (Å²) in [5.74, 6) is 0.426. The minimum Gasteiger partial charge on any atom is -0.485 e. The second-order valence-electron chi connectivity index (χ2n) is 4.97. The second kappa shape index (κ2) is 8.36. The highest BCUT2D eigenvalue weighted by Crippen LogP contribution is 2.19. The van der Waals surface area contributed by atoms with Crippen molar-refractivity contribution in [3.05, 3.63) is 59.1 Å². The van der Waals surface area contributed by atoms with Crippen LogP contribution in [-0.4, -0.2) is 31.6 Å². The van der Waals surface area contributed by atoms with Gasteiger partial charge in [-0.3, -0.25) is 4.79 Å². The number of esters is 1. The fourth-order valence-corrected chi connectivity index (χ4v) is 2.03. The van der Waals surface area contributed by atoms with Crippen molar-refractivity contribution in [3.63, 3.8) is 0 Å². The number of methoxy groups -OCH3 is 1. The van der Waals surface area contributed by atoms with E-state index in [0.717, 1.165) is 0 Å². The summed E-state index contributed by atoms with van der Waals surface area (Å²) in [6.07, 6.45) is -0.701. The molecule has 0 heterocycles. The normalized spacial score (nSPS) is 11.5. The molecule has 6 heteroatoms. The van der Waals surface area contributed by atoms with E-state index < -0.39 is 12.1 Å². The third-order valence-electron chi connectivity index (χ3n) is 3.21. The smallest absolute Gasteiger partial charge is 0.346 e. The fraction of sp³-hybridized carbons (Fsp3) is 0.222. The van der Waals surface area contributed by atoms with E-state index >= 15 is 0 Å². The number of Topliss-reactive ketones (excluding diaryl/α,β-unsaturated/α-hetero) is 1. The van der Waals surface area contributed by atoms with Crippen LogP contribution in [0.2, 0.25) is 5.02 Å². The number of hydrogen-bond donors (Lipinski definition) is 0. The molecule has 0 fully saturated rings. The summed E-state index contributed by atoms with van der Waals surface area (Å²) < 4.78 is 15.5. The van der Waals surface area contributed by atoms with Crippen LogP contribution in [0.5, 0.6) is 11.5 Å². The van der Waals surface area contributed by atoms with Crippen LogP contribution in [0, 0.1) is 0 Å². The van der Waals surface area contributed by atoms with Crippen molar-refractivity contribution >= 4 is 23.4 Å². The summed E-state index contributed by atoms with van der Waals surface area (Å²) in [5.41, 5.74) is 0.534. The molecule has 0 radical (unpaired) electrons. The molecule has 0 aliphatic rings. The number of carbonyl (C=O) groups is 2. The summed E-state index contributed by atoms with van der Waals surface area (Å²) in [5, 5.41) is 0.573. The number of carbonyl (C=O) groups excluding carboxylic acids is 2. The van der Waals surface area contributed by atoms with Gasteiger partial charge in [-0.25, -0.2) is 4.79 Å². The Hall–Kier alpha value is -2.53. The molecule has 2 rings (SSSR count). The lowest BCUT2D eigenvalue weighted by Crippen LogP contribution is -2.24. The molecule has 1 atom stereocenters. The van der Waals surface area contributed by atoms with E-state index in [1.165, 1.54) is 7.11 Å². The molecule has 24 heavy (non-hydrogen) atoms. The van der Waals surface area contributed by atoms with Crippen LogP contribution in [0.3, 0.4) is 0 Å². The van der Waals surface area contributed by atoms with Crippen molar-refractivity contribution in [2.45, 2.75) is 13.0 Å². The van der Waals surface area contributed by atoms with E-state index in [1.807, 2.05) is 0 Å². The van der Waals surface area contributed by atoms with Gasteiger partial charge in [-0.2, -0.15) is 0 Å². The number of benzene rings is 2. The van der Waals surface area contributed by atoms with Crippen molar-refractivity contribution in [2.24, 2.45) is 0 Å². The molecule has 0 bridgehead atoms. The molecule has 0 spiro atoms. The lowest BCUT2D eigenvalue weighted by Gasteiger charge is -2.12. The van der Waals surface area contributed by atoms with Gasteiger partial charge in [0.25, 0.3) is 0 Å². The Morgan fingerprint density at radius 1 is 1.00 bits per heavy atom. The first-order chi connectivity index (χ1) is 11.5. The van der Waals surface area contributed by atoms with Crippen molar-refractivity contribution in [1.82, 2.24) is 0 Å². The van der Waals surface area contributed by atoms with Crippen LogP contribution in [-0.2, 0) is 9.53 Å². The molecule has 2 aromatic rings. The maximum absolute atomic E-state index is 12.0. The Balaban J connectivity index is 1.88. The maximum atomic E-state index is 12.0. The van der Waals surface area contributed by atoms with E-state index in [1.54, 1.807) is 55.5 Å². The molecule has 0 aromatic heterocycles. The van der Waals surface area contributed by atoms with Gasteiger partial charge in [0.15, 0.2) is 18.5 Å². The van der Waals surface area contributed by atoms with Gasteiger partial charge in [0, 0.05) is 10.6 Å². The molecule has 5 nitrogen and oxygen atoms in total. The van der Waals surface area contributed by atoms with E-state index in [0.29, 0.717) is 22.1 Å². The lowest BCUT2D eigenvalue weighted by atomic mass is 10.1. The summed E-state index contributed by atoms with van der Waals surface area (Å²) >= 11 is 5.79. The zero-order valence-electron chi connectivity index (χ0n) is 13.3. The Bertz CT molecular complexity index is 694. The van der Waals surface area contributed by atoms with Gasteiger partial charge < -0.3 is 14.2 Å². The predicted molar refractivity (Wildman–Crippen MR) is 89.8 cm³/mol. The fourth-order valence-electron chi connectivity index (χ4n) is 1.90. The van der Waals surface area contributed by atoms with Crippen LogP contribution >= 0.6 is 11.6 Å². The van der Waals surface area contributed by atoms with Gasteiger partial charge in [0.05, 0.1) is 7.11 Å². The first-order valence-corrected chi connectivity index (χ1v) is 7.63. The Morgan fingerprint density at radius 3 is 2.17 bits per heavy atom. The maximum Gasteiger partial charge on any atom is 0.346 e. The van der Waals surface area contributed by atoms with Crippen molar-refractivity contribution in [3.8, 4) is 11.5 Å². The highest BCUT2D eigenvalue weighted by atomic mass is 35.5. The first-order valence-electron chi connectivity index (χ1n) is 7.25. The molecule has 2 aromatic carbocycles. The number of hydrogen-bond acceptors (Lipinski definition) is 5. The number of halogens is 1. The predicted octanol–water partition coefficient (Wildman–Crippen LogP) is 3.54. The monoisotopic (exact) mass is 348 g/mol. The SMILES string of the molecule is COC(=O)C(C)Oc1ccc(OCC(=O)c2ccc(Cl)cc2)cc1. The highest BCUT2D eigenvalue weighted by Gasteiger charge is 2.14. The summed E-state index contributed by atoms with van der Waals surface area (Å²) in [6, 6.07) is 13.2. The largest absolute Gasteiger partial charge is 0.485 e. The zero-order chi connectivity index (χ0) is 17.5. The van der Waals surface area contributed by atoms with Gasteiger partial charge in [0.1, 0.15) is 11.5 Å². The molecule has 0 saturated carbocycles. The molecular formula is C18H17ClO5. The van der Waals surface area contributed by atoms with Crippen LogP contribution < -0.4 is 9.47 Å². The Morgan fingerprint density at radius 2 is 1.58 bits per heavy atom. The van der Waals surface area contributed by atoms with E-state index in [-0.39, 0.29) is 12.4 Å². The first kappa shape index (κ1) is 17.8. The third-order valence-corrected chi connectivity index (χ3v) is 3.46. The molecule has 1 unspecified atom stereocenters. The van der Waals surface area contributed by atoms with Crippen LogP contribution in [0.15, 0.2) is 48.5 Å². The van der Waals surface area contributed by atoms with Gasteiger partial charge in [-0.15, -0.1) is 0 Å². The van der Waals surface area contributed by atoms with E-state index in [4.69, 9.17) is 21.1 Å². The zero-order valence-corrected chi connectivity index (χ0v) is 14.1. The molecule has 126 valence electrons. The average molecular weight is 349 g/mol. The number of ether oxygens (including phenoxy) is 3. The summed E-state index contributed by atoms with van der Waals surface area (Å²) in [6.45, 7) is 1.52. The molecule has 0 amide bonds. The van der Waals surface area contributed by atoms with Gasteiger partial charge in [-0.05, 0) is 55.5 Å². The Labute approximate surface area is 145 Å². The van der Waals surface area contributed by atoms with Crippen LogP contribution in [0.25, 0.3) is 0 Å². The molecule has 0 aliphatic carbocycles. The minimum absolute atomic E-state index is 0.0829. The summed E-state index contributed by atoms with van der Waals surface area (Å²) in [7, 11) is 1.30. The average Bonchev–Trinajstić information content (AvgIpc) is 2.60. The minimum atomic E-state index is -0.701. The summed E-state index contributed by atoms with van der Waals surface area (Å²) in [4.78, 5) is 23.3. The standard InChI is InChI=1S/C18H17ClO5/c1-12(18(21)22-2)24-16-9-7-15(8-10-16)23-11-17(20)13-3-5-14(19)6-4-13/h3-10,12H,11H2,1-2H3.